The van der Waals surface area contributed by atoms with Crippen LogP contribution in [0.4, 0.5) is 0 Å². The lowest BCUT2D eigenvalue weighted by molar-refractivity contribution is -0.116. The van der Waals surface area contributed by atoms with Crippen LogP contribution in [0.25, 0.3) is 0 Å². The first kappa shape index (κ1) is 10.9. The van der Waals surface area contributed by atoms with Crippen molar-refractivity contribution < 1.29 is 8.91 Å². The summed E-state index contributed by atoms with van der Waals surface area (Å²) in [6.45, 7) is 8.28. The summed E-state index contributed by atoms with van der Waals surface area (Å²) in [5, 5.41) is 0. The molecule has 11 heavy (non-hydrogen) atoms. The molecule has 0 aliphatic carbocycles. The molecule has 0 aromatic rings. The molecule has 0 rings (SSSR count). The van der Waals surface area contributed by atoms with Gasteiger partial charge in [0, 0.05) is 6.04 Å². The molecule has 0 saturated heterocycles. The molecule has 0 aromatic heterocycles. The molecule has 0 fully saturated rings. The van der Waals surface area contributed by atoms with Gasteiger partial charge >= 0.3 is 0 Å². The van der Waals surface area contributed by atoms with E-state index in [1.54, 1.807) is 0 Å². The molecule has 3 nitrogen and oxygen atoms in total. The summed E-state index contributed by atoms with van der Waals surface area (Å²) < 4.78 is 5.73. The lowest BCUT2D eigenvalue weighted by Crippen LogP contribution is -2.39. The van der Waals surface area contributed by atoms with Crippen LogP contribution in [-0.4, -0.2) is 23.3 Å². The molecule has 1 amide bonds. The number of rotatable bonds is 4. The van der Waals surface area contributed by atoms with E-state index < -0.39 is 17.4 Å². The van der Waals surface area contributed by atoms with Crippen LogP contribution in [0.15, 0.2) is 0 Å². The monoisotopic (exact) mass is 191 g/mol. The summed E-state index contributed by atoms with van der Waals surface area (Å²) in [6, 6.07) is 0.443. The summed E-state index contributed by atoms with van der Waals surface area (Å²) in [5.41, 5.74) is 5.09. The molecule has 66 valence electrons. The smallest absolute Gasteiger partial charge is 0.216 e. The Morgan fingerprint density at radius 1 is 1.55 bits per heavy atom. The largest absolute Gasteiger partial charge is 0.458 e. The fourth-order valence-electron chi connectivity index (χ4n) is 1.10. The predicted molar refractivity (Wildman–Crippen MR) is 51.4 cm³/mol. The molecule has 0 aromatic carbocycles. The molecule has 0 atom stereocenters. The van der Waals surface area contributed by atoms with Gasteiger partial charge in [0.05, 0.1) is 0 Å². The van der Waals surface area contributed by atoms with Crippen LogP contribution in [0.2, 0.25) is 32.2 Å². The Labute approximate surface area is 70.8 Å². The summed E-state index contributed by atoms with van der Waals surface area (Å²) in [6.07, 6.45) is 0. The summed E-state index contributed by atoms with van der Waals surface area (Å²) in [7, 11) is -2.74. The van der Waals surface area contributed by atoms with E-state index in [0.717, 1.165) is 0 Å². The maximum absolute atomic E-state index is 10.6. The highest BCUT2D eigenvalue weighted by atomic mass is 28.4. The maximum Gasteiger partial charge on any atom is 0.216 e. The third-order valence-electron chi connectivity index (χ3n) is 1.15. The number of carbonyl (C=O) groups excluding carboxylic acids is 1. The zero-order chi connectivity index (χ0) is 9.07. The van der Waals surface area contributed by atoms with E-state index in [1.807, 2.05) is 13.1 Å². The Morgan fingerprint density at radius 2 is 2.00 bits per heavy atom. The zero-order valence-corrected chi connectivity index (χ0v) is 9.83. The quantitative estimate of drug-likeness (QED) is 0.664. The number of primary amides is 1. The molecule has 0 aliphatic heterocycles. The molecule has 5 heteroatoms. The van der Waals surface area contributed by atoms with Crippen molar-refractivity contribution in [3.8, 4) is 0 Å². The molecule has 0 radical (unpaired) electrons. The van der Waals surface area contributed by atoms with Crippen LogP contribution in [0.1, 0.15) is 0 Å². The summed E-state index contributed by atoms with van der Waals surface area (Å²) >= 11 is 0. The Morgan fingerprint density at radius 3 is 2.27 bits per heavy atom. The number of nitrogens with two attached hydrogens (primary N) is 1. The van der Waals surface area contributed by atoms with Gasteiger partial charge in [-0.05, 0) is 26.2 Å². The molecule has 2 N–H and O–H groups in total. The minimum absolute atomic E-state index is 0.240. The van der Waals surface area contributed by atoms with Crippen LogP contribution in [0, 0.1) is 0 Å². The second-order valence-electron chi connectivity index (χ2n) is 3.57. The molecule has 0 unspecified atom stereocenters. The van der Waals surface area contributed by atoms with Crippen molar-refractivity contribution in [3.63, 3.8) is 0 Å². The number of amides is 1. The summed E-state index contributed by atoms with van der Waals surface area (Å²) in [5.74, 6) is -0.240. The van der Waals surface area contributed by atoms with Crippen LogP contribution in [0.3, 0.4) is 0 Å². The van der Waals surface area contributed by atoms with Gasteiger partial charge < -0.3 is 9.85 Å². The van der Waals surface area contributed by atoms with Crippen molar-refractivity contribution in [1.29, 1.82) is 0 Å². The van der Waals surface area contributed by atoms with Crippen LogP contribution in [-0.2, 0) is 8.91 Å². The van der Waals surface area contributed by atoms with E-state index in [-0.39, 0.29) is 5.91 Å². The normalized spacial score (nSPS) is 12.1. The first-order valence-electron chi connectivity index (χ1n) is 3.79. The molecular formula is C6H17NO2Si2. The van der Waals surface area contributed by atoms with Crippen molar-refractivity contribution >= 4 is 23.3 Å². The minimum atomic E-state index is -1.74. The van der Waals surface area contributed by atoms with Gasteiger partial charge in [-0.1, -0.05) is 0 Å². The topological polar surface area (TPSA) is 52.3 Å². The molecule has 0 saturated carbocycles. The third kappa shape index (κ3) is 6.27. The summed E-state index contributed by atoms with van der Waals surface area (Å²) in [4.78, 5) is 10.6. The van der Waals surface area contributed by atoms with E-state index in [1.165, 1.54) is 0 Å². The standard InChI is InChI=1S/C6H17NO2Si2/c1-10(2)9-11(3,4)5-6(7)8/h10H,5H2,1-4H3,(H2,7,8). The SMILES string of the molecule is C[SiH](C)O[Si](C)(C)CC(N)=O. The highest BCUT2D eigenvalue weighted by molar-refractivity contribution is 6.79. The van der Waals surface area contributed by atoms with Crippen LogP contribution in [0.5, 0.6) is 0 Å². The van der Waals surface area contributed by atoms with Gasteiger partial charge in [0.15, 0.2) is 17.4 Å². The van der Waals surface area contributed by atoms with E-state index in [2.05, 4.69) is 13.1 Å². The lowest BCUT2D eigenvalue weighted by Gasteiger charge is -2.23. The predicted octanol–water partition coefficient (Wildman–Crippen LogP) is 0.677. The van der Waals surface area contributed by atoms with E-state index in [9.17, 15) is 4.79 Å². The first-order chi connectivity index (χ1) is 4.83. The Hall–Kier alpha value is -0.136. The molecule has 0 spiro atoms. The molecular weight excluding hydrogens is 174 g/mol. The fraction of sp³-hybridized carbons (Fsp3) is 0.833. The maximum atomic E-state index is 10.6. The highest BCUT2D eigenvalue weighted by Crippen LogP contribution is 2.11. The number of carbonyl (C=O) groups is 1. The minimum Gasteiger partial charge on any atom is -0.458 e. The fourth-order valence-corrected chi connectivity index (χ4v) is 7.38. The van der Waals surface area contributed by atoms with Gasteiger partial charge in [0.25, 0.3) is 0 Å². The van der Waals surface area contributed by atoms with Crippen molar-refractivity contribution in [2.45, 2.75) is 32.2 Å². The van der Waals surface area contributed by atoms with Gasteiger partial charge in [-0.3, -0.25) is 4.79 Å². The van der Waals surface area contributed by atoms with Gasteiger partial charge in [0.1, 0.15) is 0 Å². The van der Waals surface area contributed by atoms with Gasteiger partial charge in [-0.25, -0.2) is 0 Å². The van der Waals surface area contributed by atoms with E-state index in [0.29, 0.717) is 6.04 Å². The van der Waals surface area contributed by atoms with E-state index in [4.69, 9.17) is 9.85 Å². The second kappa shape index (κ2) is 4.03. The van der Waals surface area contributed by atoms with Gasteiger partial charge in [-0.15, -0.1) is 0 Å². The average Bonchev–Trinajstić information content (AvgIpc) is 1.53. The zero-order valence-electron chi connectivity index (χ0n) is 7.68. The van der Waals surface area contributed by atoms with Crippen molar-refractivity contribution in [3.05, 3.63) is 0 Å². The van der Waals surface area contributed by atoms with Gasteiger partial charge in [0.2, 0.25) is 5.91 Å². The van der Waals surface area contributed by atoms with Crippen molar-refractivity contribution in [2.75, 3.05) is 0 Å². The Balaban J connectivity index is 3.89. The Kier molecular flexibility index (Phi) is 3.98. The molecule has 0 bridgehead atoms. The highest BCUT2D eigenvalue weighted by Gasteiger charge is 2.25. The number of hydrogen-bond acceptors (Lipinski definition) is 2. The first-order valence-corrected chi connectivity index (χ1v) is 9.69. The third-order valence-corrected chi connectivity index (χ3v) is 6.79. The van der Waals surface area contributed by atoms with Crippen molar-refractivity contribution in [1.82, 2.24) is 0 Å². The van der Waals surface area contributed by atoms with Crippen LogP contribution < -0.4 is 5.73 Å². The average molecular weight is 191 g/mol. The Bertz CT molecular complexity index is 148. The second-order valence-corrected chi connectivity index (χ2v) is 10.5. The van der Waals surface area contributed by atoms with Crippen molar-refractivity contribution in [2.24, 2.45) is 5.73 Å². The molecule has 0 heterocycles. The van der Waals surface area contributed by atoms with Crippen LogP contribution >= 0.6 is 0 Å². The lowest BCUT2D eigenvalue weighted by atomic mass is 10.8. The molecule has 0 aliphatic rings. The number of hydrogen-bond donors (Lipinski definition) is 1. The van der Waals surface area contributed by atoms with E-state index >= 15 is 0 Å². The van der Waals surface area contributed by atoms with Gasteiger partial charge in [-0.2, -0.15) is 0 Å².